The van der Waals surface area contributed by atoms with Gasteiger partial charge in [-0.1, -0.05) is 42.5 Å². The highest BCUT2D eigenvalue weighted by molar-refractivity contribution is 5.95. The van der Waals surface area contributed by atoms with Crippen molar-refractivity contribution in [3.8, 4) is 0 Å². The molecule has 31 heavy (non-hydrogen) atoms. The minimum Gasteiger partial charge on any atom is -0.466 e. The molecular formula is C25H29N3O3. The first-order chi connectivity index (χ1) is 15.2. The minimum atomic E-state index is -0.305. The van der Waals surface area contributed by atoms with Gasteiger partial charge in [0.1, 0.15) is 0 Å². The van der Waals surface area contributed by atoms with E-state index in [-0.39, 0.29) is 35.7 Å². The third-order valence-corrected chi connectivity index (χ3v) is 6.96. The van der Waals surface area contributed by atoms with Gasteiger partial charge in [-0.2, -0.15) is 5.10 Å². The summed E-state index contributed by atoms with van der Waals surface area (Å²) in [7, 11) is 0. The van der Waals surface area contributed by atoms with Crippen molar-refractivity contribution in [2.45, 2.75) is 51.6 Å². The smallest absolute Gasteiger partial charge is 0.311 e. The predicted octanol–water partition coefficient (Wildman–Crippen LogP) is 3.29. The van der Waals surface area contributed by atoms with E-state index < -0.39 is 0 Å². The summed E-state index contributed by atoms with van der Waals surface area (Å²) >= 11 is 0. The average molecular weight is 420 g/mol. The van der Waals surface area contributed by atoms with Crippen LogP contribution in [0.4, 0.5) is 0 Å². The molecule has 0 aliphatic heterocycles. The average Bonchev–Trinajstić information content (AvgIpc) is 3.48. The van der Waals surface area contributed by atoms with E-state index in [2.05, 4.69) is 29.6 Å². The second-order valence-electron chi connectivity index (χ2n) is 8.85. The number of ether oxygens (including phenoxy) is 1. The third-order valence-electron chi connectivity index (χ3n) is 6.96. The van der Waals surface area contributed by atoms with Crippen LogP contribution in [0.5, 0.6) is 0 Å². The van der Waals surface area contributed by atoms with Crippen LogP contribution in [0.1, 0.15) is 53.5 Å². The highest BCUT2D eigenvalue weighted by Crippen LogP contribution is 2.44. The Morgan fingerprint density at radius 2 is 1.90 bits per heavy atom. The first-order valence-corrected chi connectivity index (χ1v) is 11.4. The molecule has 1 aromatic heterocycles. The van der Waals surface area contributed by atoms with Gasteiger partial charge < -0.3 is 10.1 Å². The Labute approximate surface area is 182 Å². The largest absolute Gasteiger partial charge is 0.466 e. The van der Waals surface area contributed by atoms with Gasteiger partial charge in [0.05, 0.1) is 19.1 Å². The van der Waals surface area contributed by atoms with Gasteiger partial charge >= 0.3 is 5.97 Å². The second-order valence-corrected chi connectivity index (χ2v) is 8.85. The monoisotopic (exact) mass is 419 g/mol. The van der Waals surface area contributed by atoms with Crippen LogP contribution in [0.15, 0.2) is 42.5 Å². The summed E-state index contributed by atoms with van der Waals surface area (Å²) in [6.07, 6.45) is 9.16. The minimum absolute atomic E-state index is 0.152. The molecule has 1 N–H and O–H groups in total. The summed E-state index contributed by atoms with van der Waals surface area (Å²) in [5.74, 6) is -0.336. The SMILES string of the molecule is CCOC(=O)[C@H]1C2C=CC(C2)[C@H]1NC(=O)c1nn(Cc2ccccc2)c2c1CCCC2. The van der Waals surface area contributed by atoms with E-state index in [9.17, 15) is 9.59 Å². The summed E-state index contributed by atoms with van der Waals surface area (Å²) in [5.41, 5.74) is 3.95. The molecule has 2 bridgehead atoms. The highest BCUT2D eigenvalue weighted by Gasteiger charge is 2.50. The summed E-state index contributed by atoms with van der Waals surface area (Å²) in [5, 5.41) is 7.94. The van der Waals surface area contributed by atoms with Crippen molar-refractivity contribution in [3.63, 3.8) is 0 Å². The van der Waals surface area contributed by atoms with E-state index in [4.69, 9.17) is 9.84 Å². The number of aromatic nitrogens is 2. The molecular weight excluding hydrogens is 390 g/mol. The van der Waals surface area contributed by atoms with Crippen LogP contribution in [-0.4, -0.2) is 34.3 Å². The lowest BCUT2D eigenvalue weighted by molar-refractivity contribution is -0.149. The Morgan fingerprint density at radius 3 is 2.71 bits per heavy atom. The normalized spacial score (nSPS) is 26.0. The van der Waals surface area contributed by atoms with Gasteiger partial charge in [0.2, 0.25) is 0 Å². The molecule has 5 rings (SSSR count). The quantitative estimate of drug-likeness (QED) is 0.576. The topological polar surface area (TPSA) is 73.2 Å². The zero-order chi connectivity index (χ0) is 21.4. The van der Waals surface area contributed by atoms with Crippen LogP contribution in [0.25, 0.3) is 0 Å². The van der Waals surface area contributed by atoms with Crippen LogP contribution in [-0.2, 0) is 28.9 Å². The van der Waals surface area contributed by atoms with Crippen molar-refractivity contribution in [2.24, 2.45) is 17.8 Å². The molecule has 1 saturated carbocycles. The summed E-state index contributed by atoms with van der Waals surface area (Å²) in [6, 6.07) is 10.0. The molecule has 6 nitrogen and oxygen atoms in total. The van der Waals surface area contributed by atoms with Crippen LogP contribution in [0.3, 0.4) is 0 Å². The van der Waals surface area contributed by atoms with Crippen LogP contribution >= 0.6 is 0 Å². The lowest BCUT2D eigenvalue weighted by Gasteiger charge is -2.27. The Balaban J connectivity index is 1.40. The number of carbonyl (C=O) groups is 2. The Kier molecular flexibility index (Phi) is 5.38. The highest BCUT2D eigenvalue weighted by atomic mass is 16.5. The number of benzene rings is 1. The number of esters is 1. The Bertz CT molecular complexity index is 1010. The second kappa shape index (κ2) is 8.33. The summed E-state index contributed by atoms with van der Waals surface area (Å²) in [6.45, 7) is 2.84. The van der Waals surface area contributed by atoms with Crippen molar-refractivity contribution in [1.29, 1.82) is 0 Å². The number of hydrogen-bond acceptors (Lipinski definition) is 4. The fourth-order valence-corrected chi connectivity index (χ4v) is 5.54. The molecule has 6 heteroatoms. The molecule has 0 radical (unpaired) electrons. The number of allylic oxidation sites excluding steroid dienone is 1. The van der Waals surface area contributed by atoms with Gasteiger partial charge in [-0.25, -0.2) is 0 Å². The first kappa shape index (κ1) is 20.0. The molecule has 1 amide bonds. The number of fused-ring (bicyclic) bond motifs is 3. The fraction of sp³-hybridized carbons (Fsp3) is 0.480. The van der Waals surface area contributed by atoms with Gasteiger partial charge in [-0.05, 0) is 56.4 Å². The number of nitrogens with one attached hydrogen (secondary N) is 1. The van der Waals surface area contributed by atoms with Crippen LogP contribution in [0, 0.1) is 17.8 Å². The number of amides is 1. The molecule has 1 aromatic carbocycles. The zero-order valence-corrected chi connectivity index (χ0v) is 17.9. The van der Waals surface area contributed by atoms with E-state index in [0.717, 1.165) is 37.7 Å². The number of hydrogen-bond donors (Lipinski definition) is 1. The van der Waals surface area contributed by atoms with Gasteiger partial charge in [0.15, 0.2) is 5.69 Å². The molecule has 2 unspecified atom stereocenters. The van der Waals surface area contributed by atoms with Crippen LogP contribution < -0.4 is 5.32 Å². The van der Waals surface area contributed by atoms with E-state index in [0.29, 0.717) is 18.8 Å². The maximum atomic E-state index is 13.4. The Morgan fingerprint density at radius 1 is 1.13 bits per heavy atom. The summed E-state index contributed by atoms with van der Waals surface area (Å²) < 4.78 is 7.32. The van der Waals surface area contributed by atoms with Crippen LogP contribution in [0.2, 0.25) is 0 Å². The fourth-order valence-electron chi connectivity index (χ4n) is 5.54. The maximum absolute atomic E-state index is 13.4. The van der Waals surface area contributed by atoms with Crippen molar-refractivity contribution < 1.29 is 14.3 Å². The summed E-state index contributed by atoms with van der Waals surface area (Å²) in [4.78, 5) is 26.0. The lowest BCUT2D eigenvalue weighted by atomic mass is 9.88. The van der Waals surface area contributed by atoms with E-state index in [1.54, 1.807) is 0 Å². The number of nitrogens with zero attached hydrogens (tertiary/aromatic N) is 2. The Hall–Kier alpha value is -2.89. The standard InChI is InChI=1S/C25H29N3O3/c1-2-31-25(30)21-17-12-13-18(14-17)22(21)26-24(29)23-19-10-6-7-11-20(19)28(27-23)15-16-8-4-3-5-9-16/h3-5,8-9,12-13,17-18,21-22H,2,6-7,10-11,14-15H2,1H3,(H,26,29)/t17?,18?,21-,22+/m0/s1. The molecule has 3 aliphatic carbocycles. The first-order valence-electron chi connectivity index (χ1n) is 11.4. The molecule has 2 aromatic rings. The van der Waals surface area contributed by atoms with Crippen molar-refractivity contribution in [3.05, 3.63) is 65.0 Å². The van der Waals surface area contributed by atoms with Crippen molar-refractivity contribution >= 4 is 11.9 Å². The molecule has 1 heterocycles. The van der Waals surface area contributed by atoms with E-state index >= 15 is 0 Å². The van der Waals surface area contributed by atoms with E-state index in [1.165, 1.54) is 11.3 Å². The van der Waals surface area contributed by atoms with Gasteiger partial charge in [-0.15, -0.1) is 0 Å². The van der Waals surface area contributed by atoms with Crippen molar-refractivity contribution in [1.82, 2.24) is 15.1 Å². The number of rotatable bonds is 6. The number of carbonyl (C=O) groups excluding carboxylic acids is 2. The van der Waals surface area contributed by atoms with Crippen molar-refractivity contribution in [2.75, 3.05) is 6.61 Å². The van der Waals surface area contributed by atoms with E-state index in [1.807, 2.05) is 29.8 Å². The molecule has 0 spiro atoms. The predicted molar refractivity (Wildman–Crippen MR) is 117 cm³/mol. The van der Waals surface area contributed by atoms with Gasteiger partial charge in [0.25, 0.3) is 5.91 Å². The molecule has 4 atom stereocenters. The zero-order valence-electron chi connectivity index (χ0n) is 17.9. The van der Waals surface area contributed by atoms with Gasteiger partial charge in [0, 0.05) is 17.3 Å². The lowest BCUT2D eigenvalue weighted by Crippen LogP contribution is -2.46. The molecule has 1 fully saturated rings. The third kappa shape index (κ3) is 3.68. The maximum Gasteiger partial charge on any atom is 0.311 e. The molecule has 162 valence electrons. The molecule has 0 saturated heterocycles. The van der Waals surface area contributed by atoms with Gasteiger partial charge in [-0.3, -0.25) is 14.3 Å². The molecule has 3 aliphatic rings.